The fraction of sp³-hybridized carbons (Fsp3) is 0.381. The van der Waals surface area contributed by atoms with Crippen LogP contribution in [0.1, 0.15) is 37.0 Å². The molecule has 25 heavy (non-hydrogen) atoms. The van der Waals surface area contributed by atoms with E-state index >= 15 is 0 Å². The quantitative estimate of drug-likeness (QED) is 0.784. The van der Waals surface area contributed by atoms with Crippen molar-refractivity contribution in [2.45, 2.75) is 46.8 Å². The van der Waals surface area contributed by atoms with Gasteiger partial charge in [0.15, 0.2) is 6.10 Å². The molecule has 2 aromatic rings. The largest absolute Gasteiger partial charge is 0.494 e. The Morgan fingerprint density at radius 1 is 1.04 bits per heavy atom. The summed E-state index contributed by atoms with van der Waals surface area (Å²) in [7, 11) is 0. The van der Waals surface area contributed by atoms with Crippen molar-refractivity contribution in [1.29, 1.82) is 0 Å². The molecule has 0 aromatic heterocycles. The monoisotopic (exact) mass is 341 g/mol. The minimum atomic E-state index is -0.503. The van der Waals surface area contributed by atoms with Gasteiger partial charge in [-0.05, 0) is 68.1 Å². The molecule has 1 atom stereocenters. The molecule has 0 radical (unpaired) electrons. The third-order valence-corrected chi connectivity index (χ3v) is 4.10. The van der Waals surface area contributed by atoms with Crippen molar-refractivity contribution in [2.24, 2.45) is 0 Å². The summed E-state index contributed by atoms with van der Waals surface area (Å²) < 4.78 is 11.4. The number of carbonyl (C=O) groups excluding carboxylic acids is 1. The highest BCUT2D eigenvalue weighted by atomic mass is 16.5. The van der Waals surface area contributed by atoms with Gasteiger partial charge >= 0.3 is 0 Å². The second-order valence-electron chi connectivity index (χ2n) is 6.06. The Balaban J connectivity index is 1.95. The zero-order valence-corrected chi connectivity index (χ0v) is 15.5. The van der Waals surface area contributed by atoms with Gasteiger partial charge in [-0.3, -0.25) is 4.79 Å². The van der Waals surface area contributed by atoms with Crippen molar-refractivity contribution in [2.75, 3.05) is 6.61 Å². The van der Waals surface area contributed by atoms with E-state index in [-0.39, 0.29) is 5.91 Å². The van der Waals surface area contributed by atoms with Crippen LogP contribution in [0.25, 0.3) is 0 Å². The molecule has 0 aliphatic rings. The molecular weight excluding hydrogens is 314 g/mol. The summed E-state index contributed by atoms with van der Waals surface area (Å²) in [6.45, 7) is 9.06. The van der Waals surface area contributed by atoms with Crippen LogP contribution in [-0.4, -0.2) is 18.6 Å². The fourth-order valence-electron chi connectivity index (χ4n) is 2.49. The smallest absolute Gasteiger partial charge is 0.261 e. The lowest BCUT2D eigenvalue weighted by molar-refractivity contribution is -0.128. The van der Waals surface area contributed by atoms with E-state index in [1.807, 2.05) is 63.2 Å². The molecule has 1 unspecified atom stereocenters. The first kappa shape index (κ1) is 18.8. The Morgan fingerprint density at radius 2 is 1.84 bits per heavy atom. The first-order valence-electron chi connectivity index (χ1n) is 8.76. The molecule has 0 aliphatic carbocycles. The molecule has 134 valence electrons. The third-order valence-electron chi connectivity index (χ3n) is 4.10. The Hall–Kier alpha value is -2.49. The predicted octanol–water partition coefficient (Wildman–Crippen LogP) is 4.18. The van der Waals surface area contributed by atoms with E-state index in [0.717, 1.165) is 22.6 Å². The molecule has 0 saturated heterocycles. The standard InChI is InChI=1S/C21H27NO3/c1-5-20(25-19-11-10-15(3)16(4)12-19)21(23)22-14-17-8-7-9-18(13-17)24-6-2/h7-13,20H,5-6,14H2,1-4H3,(H,22,23). The average molecular weight is 341 g/mol. The highest BCUT2D eigenvalue weighted by Gasteiger charge is 2.18. The number of aryl methyl sites for hydroxylation is 2. The Labute approximate surface area is 150 Å². The van der Waals surface area contributed by atoms with E-state index in [1.165, 1.54) is 5.56 Å². The molecule has 2 rings (SSSR count). The first-order valence-corrected chi connectivity index (χ1v) is 8.76. The van der Waals surface area contributed by atoms with E-state index < -0.39 is 6.10 Å². The van der Waals surface area contributed by atoms with Crippen molar-refractivity contribution < 1.29 is 14.3 Å². The molecule has 0 bridgehead atoms. The van der Waals surface area contributed by atoms with Gasteiger partial charge in [-0.15, -0.1) is 0 Å². The predicted molar refractivity (Wildman–Crippen MR) is 100 cm³/mol. The van der Waals surface area contributed by atoms with Gasteiger partial charge < -0.3 is 14.8 Å². The second-order valence-corrected chi connectivity index (χ2v) is 6.06. The van der Waals surface area contributed by atoms with Crippen LogP contribution in [0.4, 0.5) is 0 Å². The number of carbonyl (C=O) groups is 1. The van der Waals surface area contributed by atoms with Crippen LogP contribution in [0.3, 0.4) is 0 Å². The maximum Gasteiger partial charge on any atom is 0.261 e. The first-order chi connectivity index (χ1) is 12.0. The number of rotatable bonds is 8. The minimum Gasteiger partial charge on any atom is -0.494 e. The maximum atomic E-state index is 12.4. The summed E-state index contributed by atoms with van der Waals surface area (Å²) in [4.78, 5) is 12.4. The van der Waals surface area contributed by atoms with Gasteiger partial charge in [-0.1, -0.05) is 25.1 Å². The summed E-state index contributed by atoms with van der Waals surface area (Å²) in [5.41, 5.74) is 3.36. The number of hydrogen-bond donors (Lipinski definition) is 1. The van der Waals surface area contributed by atoms with Crippen LogP contribution >= 0.6 is 0 Å². The number of ether oxygens (including phenoxy) is 2. The van der Waals surface area contributed by atoms with Gasteiger partial charge in [0, 0.05) is 6.54 Å². The van der Waals surface area contributed by atoms with Gasteiger partial charge in [-0.2, -0.15) is 0 Å². The van der Waals surface area contributed by atoms with Crippen LogP contribution < -0.4 is 14.8 Å². The second kappa shape index (κ2) is 9.11. The molecule has 1 N–H and O–H groups in total. The number of hydrogen-bond acceptors (Lipinski definition) is 3. The van der Waals surface area contributed by atoms with Crippen molar-refractivity contribution >= 4 is 5.91 Å². The summed E-state index contributed by atoms with van der Waals surface area (Å²) in [6, 6.07) is 13.6. The molecule has 4 nitrogen and oxygen atoms in total. The van der Waals surface area contributed by atoms with Gasteiger partial charge in [0.25, 0.3) is 5.91 Å². The summed E-state index contributed by atoms with van der Waals surface area (Å²) >= 11 is 0. The van der Waals surface area contributed by atoms with Crippen molar-refractivity contribution in [3.05, 3.63) is 59.2 Å². The van der Waals surface area contributed by atoms with Gasteiger partial charge in [-0.25, -0.2) is 0 Å². The van der Waals surface area contributed by atoms with Crippen LogP contribution in [-0.2, 0) is 11.3 Å². The molecular formula is C21H27NO3. The molecule has 0 fully saturated rings. The van der Waals surface area contributed by atoms with Crippen LogP contribution in [0, 0.1) is 13.8 Å². The highest BCUT2D eigenvalue weighted by Crippen LogP contribution is 2.19. The molecule has 2 aromatic carbocycles. The molecule has 1 amide bonds. The lowest BCUT2D eigenvalue weighted by Crippen LogP contribution is -2.37. The van der Waals surface area contributed by atoms with Gasteiger partial charge in [0.2, 0.25) is 0 Å². The summed E-state index contributed by atoms with van der Waals surface area (Å²) in [6.07, 6.45) is 0.106. The van der Waals surface area contributed by atoms with Gasteiger partial charge in [0.05, 0.1) is 6.61 Å². The maximum absolute atomic E-state index is 12.4. The van der Waals surface area contributed by atoms with E-state index in [1.54, 1.807) is 0 Å². The van der Waals surface area contributed by atoms with E-state index in [4.69, 9.17) is 9.47 Å². The Kier molecular flexibility index (Phi) is 6.87. The minimum absolute atomic E-state index is 0.109. The summed E-state index contributed by atoms with van der Waals surface area (Å²) in [5.74, 6) is 1.43. The van der Waals surface area contributed by atoms with E-state index in [0.29, 0.717) is 19.6 Å². The van der Waals surface area contributed by atoms with Crippen molar-refractivity contribution in [3.63, 3.8) is 0 Å². The molecule has 4 heteroatoms. The van der Waals surface area contributed by atoms with Crippen LogP contribution in [0.2, 0.25) is 0 Å². The Bertz CT molecular complexity index is 712. The highest BCUT2D eigenvalue weighted by molar-refractivity contribution is 5.81. The third kappa shape index (κ3) is 5.52. The van der Waals surface area contributed by atoms with Crippen molar-refractivity contribution in [3.8, 4) is 11.5 Å². The van der Waals surface area contributed by atoms with Gasteiger partial charge in [0.1, 0.15) is 11.5 Å². The number of benzene rings is 2. The lowest BCUT2D eigenvalue weighted by Gasteiger charge is -2.18. The molecule has 0 heterocycles. The van der Waals surface area contributed by atoms with Crippen molar-refractivity contribution in [1.82, 2.24) is 5.32 Å². The normalized spacial score (nSPS) is 11.7. The molecule has 0 saturated carbocycles. The zero-order chi connectivity index (χ0) is 18.2. The number of amides is 1. The Morgan fingerprint density at radius 3 is 2.52 bits per heavy atom. The summed E-state index contributed by atoms with van der Waals surface area (Å²) in [5, 5.41) is 2.95. The SMILES string of the molecule is CCOc1cccc(CNC(=O)C(CC)Oc2ccc(C)c(C)c2)c1. The van der Waals surface area contributed by atoms with Crippen LogP contribution in [0.5, 0.6) is 11.5 Å². The van der Waals surface area contributed by atoms with Crippen LogP contribution in [0.15, 0.2) is 42.5 Å². The van der Waals surface area contributed by atoms with E-state index in [9.17, 15) is 4.79 Å². The average Bonchev–Trinajstić information content (AvgIpc) is 2.61. The fourth-order valence-corrected chi connectivity index (χ4v) is 2.49. The topological polar surface area (TPSA) is 47.6 Å². The molecule has 0 spiro atoms. The van der Waals surface area contributed by atoms with E-state index in [2.05, 4.69) is 12.2 Å². The number of nitrogens with one attached hydrogen (secondary N) is 1. The molecule has 0 aliphatic heterocycles. The zero-order valence-electron chi connectivity index (χ0n) is 15.5. The lowest BCUT2D eigenvalue weighted by atomic mass is 10.1.